The van der Waals surface area contributed by atoms with Gasteiger partial charge in [0.25, 0.3) is 5.91 Å². The van der Waals surface area contributed by atoms with Crippen molar-refractivity contribution >= 4 is 17.6 Å². The maximum Gasteiger partial charge on any atom is 0.338 e. The highest BCUT2D eigenvalue weighted by Gasteiger charge is 2.09. The molecule has 0 atom stereocenters. The van der Waals surface area contributed by atoms with E-state index in [1.807, 2.05) is 31.2 Å². The van der Waals surface area contributed by atoms with Crippen LogP contribution in [0, 0.1) is 0 Å². The molecule has 2 rings (SSSR count). The van der Waals surface area contributed by atoms with Crippen molar-refractivity contribution in [2.45, 2.75) is 26.7 Å². The summed E-state index contributed by atoms with van der Waals surface area (Å²) in [5.41, 5.74) is 2.91. The number of benzene rings is 2. The van der Waals surface area contributed by atoms with Crippen molar-refractivity contribution in [2.75, 3.05) is 11.9 Å². The number of anilines is 1. The Hall–Kier alpha value is -2.62. The lowest BCUT2D eigenvalue weighted by atomic mass is 10.1. The number of aryl methyl sites for hydroxylation is 1. The number of ether oxygens (including phenoxy) is 1. The van der Waals surface area contributed by atoms with Crippen LogP contribution in [0.15, 0.2) is 48.5 Å². The van der Waals surface area contributed by atoms with Gasteiger partial charge in [0.05, 0.1) is 12.2 Å². The van der Waals surface area contributed by atoms with Crippen LogP contribution in [0.2, 0.25) is 0 Å². The molecule has 0 fully saturated rings. The third kappa shape index (κ3) is 4.68. The van der Waals surface area contributed by atoms with Gasteiger partial charge in [-0.15, -0.1) is 0 Å². The van der Waals surface area contributed by atoms with Gasteiger partial charge in [-0.1, -0.05) is 26.0 Å². The van der Waals surface area contributed by atoms with Crippen molar-refractivity contribution in [2.24, 2.45) is 0 Å². The van der Waals surface area contributed by atoms with Crippen LogP contribution in [0.1, 0.15) is 46.5 Å². The zero-order valence-corrected chi connectivity index (χ0v) is 13.5. The maximum atomic E-state index is 12.2. The van der Waals surface area contributed by atoms with E-state index in [1.165, 1.54) is 5.56 Å². The van der Waals surface area contributed by atoms with Crippen LogP contribution in [0.3, 0.4) is 0 Å². The fourth-order valence-corrected chi connectivity index (χ4v) is 2.06. The van der Waals surface area contributed by atoms with Gasteiger partial charge in [0.15, 0.2) is 0 Å². The summed E-state index contributed by atoms with van der Waals surface area (Å²) in [5, 5.41) is 2.81. The van der Waals surface area contributed by atoms with Gasteiger partial charge in [-0.3, -0.25) is 4.79 Å². The van der Waals surface area contributed by atoms with E-state index in [9.17, 15) is 9.59 Å². The van der Waals surface area contributed by atoms with Crippen LogP contribution in [-0.2, 0) is 11.2 Å². The van der Waals surface area contributed by atoms with Gasteiger partial charge in [-0.25, -0.2) is 4.79 Å². The first-order chi connectivity index (χ1) is 11.1. The van der Waals surface area contributed by atoms with Crippen molar-refractivity contribution in [1.29, 1.82) is 0 Å². The minimum Gasteiger partial charge on any atom is -0.462 e. The lowest BCUT2D eigenvalue weighted by Gasteiger charge is -2.07. The second-order valence-electron chi connectivity index (χ2n) is 5.22. The average molecular weight is 311 g/mol. The van der Waals surface area contributed by atoms with Crippen molar-refractivity contribution in [3.05, 3.63) is 65.2 Å². The number of carbonyl (C=O) groups excluding carboxylic acids is 2. The molecule has 0 aliphatic rings. The molecule has 0 radical (unpaired) electrons. The third-order valence-corrected chi connectivity index (χ3v) is 3.44. The van der Waals surface area contributed by atoms with Crippen LogP contribution < -0.4 is 5.32 Å². The number of carbonyl (C=O) groups is 2. The summed E-state index contributed by atoms with van der Waals surface area (Å²) in [4.78, 5) is 23.9. The van der Waals surface area contributed by atoms with Crippen LogP contribution in [0.5, 0.6) is 0 Å². The number of hydrogen-bond acceptors (Lipinski definition) is 3. The number of rotatable bonds is 6. The first-order valence-corrected chi connectivity index (χ1v) is 7.81. The molecule has 4 heteroatoms. The predicted molar refractivity (Wildman–Crippen MR) is 90.8 cm³/mol. The molecule has 0 heterocycles. The third-order valence-electron chi connectivity index (χ3n) is 3.44. The van der Waals surface area contributed by atoms with Crippen LogP contribution in [0.25, 0.3) is 0 Å². The summed E-state index contributed by atoms with van der Waals surface area (Å²) in [5.74, 6) is -0.520. The van der Waals surface area contributed by atoms with E-state index < -0.39 is 0 Å². The normalized spacial score (nSPS) is 10.2. The zero-order chi connectivity index (χ0) is 16.7. The number of nitrogens with one attached hydrogen (secondary N) is 1. The SMILES string of the molecule is CCCOC(=O)c1ccc(NC(=O)c2ccc(CC)cc2)cc1. The first-order valence-electron chi connectivity index (χ1n) is 7.81. The Kier molecular flexibility index (Phi) is 5.92. The Morgan fingerprint density at radius 2 is 1.52 bits per heavy atom. The predicted octanol–water partition coefficient (Wildman–Crippen LogP) is 4.07. The lowest BCUT2D eigenvalue weighted by Crippen LogP contribution is -2.12. The molecular formula is C19H21NO3. The van der Waals surface area contributed by atoms with Crippen molar-refractivity contribution < 1.29 is 14.3 Å². The van der Waals surface area contributed by atoms with Crippen LogP contribution >= 0.6 is 0 Å². The fraction of sp³-hybridized carbons (Fsp3) is 0.263. The van der Waals surface area contributed by atoms with E-state index in [-0.39, 0.29) is 11.9 Å². The van der Waals surface area contributed by atoms with Gasteiger partial charge < -0.3 is 10.1 Å². The average Bonchev–Trinajstić information content (AvgIpc) is 2.60. The molecule has 2 aromatic rings. The van der Waals surface area contributed by atoms with Gasteiger partial charge in [-0.05, 0) is 54.8 Å². The summed E-state index contributed by atoms with van der Waals surface area (Å²) in [7, 11) is 0. The molecule has 0 spiro atoms. The molecule has 120 valence electrons. The van der Waals surface area contributed by atoms with Crippen LogP contribution in [0.4, 0.5) is 5.69 Å². The van der Waals surface area contributed by atoms with Crippen molar-refractivity contribution in [1.82, 2.24) is 0 Å². The Bertz CT molecular complexity index is 660. The molecule has 0 aliphatic carbocycles. The Morgan fingerprint density at radius 3 is 2.09 bits per heavy atom. The number of hydrogen-bond donors (Lipinski definition) is 1. The van der Waals surface area contributed by atoms with Crippen LogP contribution in [-0.4, -0.2) is 18.5 Å². The first kappa shape index (κ1) is 16.7. The van der Waals surface area contributed by atoms with E-state index in [0.717, 1.165) is 12.8 Å². The molecule has 2 aromatic carbocycles. The Labute approximate surface area is 136 Å². The van der Waals surface area contributed by atoms with E-state index in [1.54, 1.807) is 24.3 Å². The monoisotopic (exact) mass is 311 g/mol. The molecule has 4 nitrogen and oxygen atoms in total. The standard InChI is InChI=1S/C19H21NO3/c1-3-13-23-19(22)16-9-11-17(12-10-16)20-18(21)15-7-5-14(4-2)6-8-15/h5-12H,3-4,13H2,1-2H3,(H,20,21). The highest BCUT2D eigenvalue weighted by Crippen LogP contribution is 2.13. The largest absolute Gasteiger partial charge is 0.462 e. The minimum absolute atomic E-state index is 0.172. The molecule has 23 heavy (non-hydrogen) atoms. The second-order valence-corrected chi connectivity index (χ2v) is 5.22. The molecular weight excluding hydrogens is 290 g/mol. The topological polar surface area (TPSA) is 55.4 Å². The second kappa shape index (κ2) is 8.13. The zero-order valence-electron chi connectivity index (χ0n) is 13.5. The molecule has 0 aliphatic heterocycles. The molecule has 0 bridgehead atoms. The van der Waals surface area contributed by atoms with Crippen molar-refractivity contribution in [3.8, 4) is 0 Å². The summed E-state index contributed by atoms with van der Waals surface area (Å²) in [6.07, 6.45) is 1.73. The van der Waals surface area contributed by atoms with Gasteiger partial charge >= 0.3 is 5.97 Å². The van der Waals surface area contributed by atoms with E-state index in [2.05, 4.69) is 12.2 Å². The molecule has 0 aromatic heterocycles. The minimum atomic E-state index is -0.347. The van der Waals surface area contributed by atoms with Gasteiger partial charge in [-0.2, -0.15) is 0 Å². The van der Waals surface area contributed by atoms with Crippen molar-refractivity contribution in [3.63, 3.8) is 0 Å². The molecule has 0 saturated carbocycles. The Balaban J connectivity index is 1.99. The van der Waals surface area contributed by atoms with E-state index in [0.29, 0.717) is 23.4 Å². The van der Waals surface area contributed by atoms with E-state index >= 15 is 0 Å². The summed E-state index contributed by atoms with van der Waals surface area (Å²) in [6.45, 7) is 4.42. The highest BCUT2D eigenvalue weighted by atomic mass is 16.5. The molecule has 1 N–H and O–H groups in total. The number of amides is 1. The summed E-state index contributed by atoms with van der Waals surface area (Å²) in [6, 6.07) is 14.2. The smallest absolute Gasteiger partial charge is 0.338 e. The molecule has 0 saturated heterocycles. The van der Waals surface area contributed by atoms with E-state index in [4.69, 9.17) is 4.74 Å². The van der Waals surface area contributed by atoms with Gasteiger partial charge in [0.1, 0.15) is 0 Å². The summed E-state index contributed by atoms with van der Waals surface area (Å²) >= 11 is 0. The lowest BCUT2D eigenvalue weighted by molar-refractivity contribution is 0.0505. The Morgan fingerprint density at radius 1 is 0.913 bits per heavy atom. The van der Waals surface area contributed by atoms with Gasteiger partial charge in [0, 0.05) is 11.3 Å². The molecule has 1 amide bonds. The quantitative estimate of drug-likeness (QED) is 0.818. The van der Waals surface area contributed by atoms with Gasteiger partial charge in [0.2, 0.25) is 0 Å². The summed E-state index contributed by atoms with van der Waals surface area (Å²) < 4.78 is 5.06. The molecule has 0 unspecified atom stereocenters. The maximum absolute atomic E-state index is 12.2. The fourth-order valence-electron chi connectivity index (χ4n) is 2.06. The number of esters is 1. The highest BCUT2D eigenvalue weighted by molar-refractivity contribution is 6.04.